The number of anilines is 2. The lowest BCUT2D eigenvalue weighted by Gasteiger charge is -2.41. The lowest BCUT2D eigenvalue weighted by Crippen LogP contribution is -2.41. The van der Waals surface area contributed by atoms with Crippen molar-refractivity contribution in [3.8, 4) is 11.5 Å². The van der Waals surface area contributed by atoms with Gasteiger partial charge in [-0.1, -0.05) is 24.3 Å². The molecule has 0 unspecified atom stereocenters. The number of ether oxygens (including phenoxy) is 1. The summed E-state index contributed by atoms with van der Waals surface area (Å²) >= 11 is 0. The summed E-state index contributed by atoms with van der Waals surface area (Å²) in [5.41, 5.74) is 8.54. The Labute approximate surface area is 125 Å². The maximum Gasteiger partial charge on any atom is 0.151 e. The minimum absolute atomic E-state index is 0.311. The van der Waals surface area contributed by atoms with Crippen LogP contribution in [0, 0.1) is 0 Å². The average Bonchev–Trinajstić information content (AvgIpc) is 2.52. The number of rotatable bonds is 1. The first-order chi connectivity index (χ1) is 10.3. The van der Waals surface area contributed by atoms with Gasteiger partial charge in [-0.3, -0.25) is 0 Å². The smallest absolute Gasteiger partial charge is 0.151 e. The van der Waals surface area contributed by atoms with Crippen molar-refractivity contribution in [1.29, 1.82) is 0 Å². The Morgan fingerprint density at radius 1 is 0.905 bits per heavy atom. The minimum atomic E-state index is 0.311. The van der Waals surface area contributed by atoms with Gasteiger partial charge in [0.15, 0.2) is 11.5 Å². The number of nitrogens with two attached hydrogens (primary N) is 1. The molecule has 2 aliphatic rings. The number of hydrogen-bond donors (Lipinski definition) is 1. The van der Waals surface area contributed by atoms with Gasteiger partial charge in [0.05, 0.1) is 11.4 Å². The Balaban J connectivity index is 1.81. The Bertz CT molecular complexity index is 610. The molecule has 2 aromatic carbocycles. The van der Waals surface area contributed by atoms with Crippen molar-refractivity contribution in [1.82, 2.24) is 0 Å². The minimum Gasteiger partial charge on any atom is -0.453 e. The van der Waals surface area contributed by atoms with Crippen LogP contribution in [0.3, 0.4) is 0 Å². The standard InChI is InChI=1S/C18H20N2O/c19-13-6-5-7-14(12-13)20-15-8-1-3-10-17(15)21-18-11-4-2-9-16(18)20/h1-4,8-11,13-14H,5-7,12,19H2/t13-,14+/m0/s1. The third-order valence-corrected chi connectivity index (χ3v) is 4.52. The van der Waals surface area contributed by atoms with Gasteiger partial charge in [-0.15, -0.1) is 0 Å². The van der Waals surface area contributed by atoms with Gasteiger partial charge in [0.2, 0.25) is 0 Å². The Kier molecular flexibility index (Phi) is 3.08. The van der Waals surface area contributed by atoms with E-state index in [0.717, 1.165) is 35.7 Å². The van der Waals surface area contributed by atoms with Crippen molar-refractivity contribution in [3.05, 3.63) is 48.5 Å². The molecule has 3 heteroatoms. The van der Waals surface area contributed by atoms with E-state index in [1.807, 2.05) is 24.3 Å². The second-order valence-corrected chi connectivity index (χ2v) is 5.99. The zero-order chi connectivity index (χ0) is 14.2. The fourth-order valence-electron chi connectivity index (χ4n) is 3.56. The predicted octanol–water partition coefficient (Wildman–Crippen LogP) is 4.20. The van der Waals surface area contributed by atoms with Crippen molar-refractivity contribution in [2.75, 3.05) is 4.90 Å². The van der Waals surface area contributed by atoms with Crippen LogP contribution in [0.1, 0.15) is 25.7 Å². The molecular formula is C18H20N2O. The van der Waals surface area contributed by atoms with E-state index in [4.69, 9.17) is 10.5 Å². The molecule has 0 aromatic heterocycles. The van der Waals surface area contributed by atoms with Crippen LogP contribution >= 0.6 is 0 Å². The first-order valence-corrected chi connectivity index (χ1v) is 7.73. The van der Waals surface area contributed by atoms with E-state index >= 15 is 0 Å². The first-order valence-electron chi connectivity index (χ1n) is 7.73. The molecule has 0 spiro atoms. The van der Waals surface area contributed by atoms with Crippen molar-refractivity contribution < 1.29 is 4.74 Å². The molecule has 1 fully saturated rings. The predicted molar refractivity (Wildman–Crippen MR) is 85.3 cm³/mol. The summed E-state index contributed by atoms with van der Waals surface area (Å²) in [5, 5.41) is 0. The normalized spacial score (nSPS) is 24.0. The van der Waals surface area contributed by atoms with Gasteiger partial charge >= 0.3 is 0 Å². The van der Waals surface area contributed by atoms with Gasteiger partial charge in [-0.05, 0) is 49.9 Å². The molecule has 1 aliphatic heterocycles. The average molecular weight is 280 g/mol. The number of fused-ring (bicyclic) bond motifs is 2. The molecular weight excluding hydrogens is 260 g/mol. The molecule has 21 heavy (non-hydrogen) atoms. The Morgan fingerprint density at radius 3 is 2.14 bits per heavy atom. The van der Waals surface area contributed by atoms with Crippen molar-refractivity contribution in [2.24, 2.45) is 5.73 Å². The van der Waals surface area contributed by atoms with E-state index in [2.05, 4.69) is 29.2 Å². The van der Waals surface area contributed by atoms with Gasteiger partial charge in [0, 0.05) is 12.1 Å². The zero-order valence-corrected chi connectivity index (χ0v) is 12.0. The second kappa shape index (κ2) is 5.08. The zero-order valence-electron chi connectivity index (χ0n) is 12.0. The van der Waals surface area contributed by atoms with E-state index in [1.54, 1.807) is 0 Å². The number of nitrogens with zero attached hydrogens (tertiary/aromatic N) is 1. The highest BCUT2D eigenvalue weighted by Gasteiger charge is 2.32. The van der Waals surface area contributed by atoms with Gasteiger partial charge in [0.25, 0.3) is 0 Å². The summed E-state index contributed by atoms with van der Waals surface area (Å²) in [6.45, 7) is 0. The number of hydrogen-bond acceptors (Lipinski definition) is 3. The van der Waals surface area contributed by atoms with Crippen molar-refractivity contribution >= 4 is 11.4 Å². The summed E-state index contributed by atoms with van der Waals surface area (Å²) in [7, 11) is 0. The van der Waals surface area contributed by atoms with Gasteiger partial charge in [-0.25, -0.2) is 0 Å². The molecule has 2 N–H and O–H groups in total. The molecule has 0 amide bonds. The third-order valence-electron chi connectivity index (χ3n) is 4.52. The maximum atomic E-state index is 6.21. The van der Waals surface area contributed by atoms with Crippen molar-refractivity contribution in [2.45, 2.75) is 37.8 Å². The molecule has 1 saturated carbocycles. The molecule has 1 heterocycles. The van der Waals surface area contributed by atoms with Crippen LogP contribution in [-0.4, -0.2) is 12.1 Å². The highest BCUT2D eigenvalue weighted by Crippen LogP contribution is 2.48. The maximum absolute atomic E-state index is 6.21. The van der Waals surface area contributed by atoms with Crippen LogP contribution in [0.15, 0.2) is 48.5 Å². The van der Waals surface area contributed by atoms with Gasteiger partial charge in [0.1, 0.15) is 0 Å². The van der Waals surface area contributed by atoms with Crippen LogP contribution in [0.4, 0.5) is 11.4 Å². The summed E-state index contributed by atoms with van der Waals surface area (Å²) < 4.78 is 6.05. The fourth-order valence-corrected chi connectivity index (χ4v) is 3.56. The second-order valence-electron chi connectivity index (χ2n) is 5.99. The van der Waals surface area contributed by atoms with E-state index in [9.17, 15) is 0 Å². The number of benzene rings is 2. The summed E-state index contributed by atoms with van der Waals surface area (Å²) in [5.74, 6) is 1.88. The van der Waals surface area contributed by atoms with Crippen LogP contribution in [-0.2, 0) is 0 Å². The van der Waals surface area contributed by atoms with Crippen LogP contribution in [0.5, 0.6) is 11.5 Å². The van der Waals surface area contributed by atoms with E-state index in [0.29, 0.717) is 12.1 Å². The monoisotopic (exact) mass is 280 g/mol. The number of para-hydroxylation sites is 4. The molecule has 2 atom stereocenters. The van der Waals surface area contributed by atoms with Gasteiger partial charge < -0.3 is 15.4 Å². The quantitative estimate of drug-likeness (QED) is 0.850. The molecule has 4 rings (SSSR count). The van der Waals surface area contributed by atoms with Crippen LogP contribution in [0.2, 0.25) is 0 Å². The summed E-state index contributed by atoms with van der Waals surface area (Å²) in [6, 6.07) is 17.3. The molecule has 0 saturated heterocycles. The third kappa shape index (κ3) is 2.18. The lowest BCUT2D eigenvalue weighted by atomic mass is 9.89. The lowest BCUT2D eigenvalue weighted by molar-refractivity contribution is 0.379. The molecule has 0 bridgehead atoms. The summed E-state index contributed by atoms with van der Waals surface area (Å²) in [4.78, 5) is 2.44. The van der Waals surface area contributed by atoms with Crippen LogP contribution in [0.25, 0.3) is 0 Å². The Hall–Kier alpha value is -2.00. The Morgan fingerprint density at radius 2 is 1.52 bits per heavy atom. The SMILES string of the molecule is N[C@H]1CCC[C@@H](N2c3ccccc3Oc3ccccc32)C1. The van der Waals surface area contributed by atoms with Gasteiger partial charge in [-0.2, -0.15) is 0 Å². The highest BCUT2D eigenvalue weighted by molar-refractivity contribution is 5.78. The van der Waals surface area contributed by atoms with Crippen LogP contribution < -0.4 is 15.4 Å². The molecule has 108 valence electrons. The molecule has 1 aliphatic carbocycles. The first kappa shape index (κ1) is 12.7. The molecule has 2 aromatic rings. The van der Waals surface area contributed by atoms with E-state index in [1.165, 1.54) is 12.8 Å². The highest BCUT2D eigenvalue weighted by atomic mass is 16.5. The summed E-state index contributed by atoms with van der Waals surface area (Å²) in [6.07, 6.45) is 4.58. The fraction of sp³-hybridized carbons (Fsp3) is 0.333. The molecule has 3 nitrogen and oxygen atoms in total. The molecule has 0 radical (unpaired) electrons. The van der Waals surface area contributed by atoms with Crippen molar-refractivity contribution in [3.63, 3.8) is 0 Å². The topological polar surface area (TPSA) is 38.5 Å². The van der Waals surface area contributed by atoms with E-state index < -0.39 is 0 Å². The van der Waals surface area contributed by atoms with E-state index in [-0.39, 0.29) is 0 Å². The largest absolute Gasteiger partial charge is 0.453 e.